The number of benzene rings is 2. The maximum absolute atomic E-state index is 13.8. The van der Waals surface area contributed by atoms with E-state index in [1.54, 1.807) is 0 Å². The first-order valence-corrected chi connectivity index (χ1v) is 8.92. The molecule has 2 N–H and O–H groups in total. The fourth-order valence-electron chi connectivity index (χ4n) is 2.17. The van der Waals surface area contributed by atoms with Crippen LogP contribution < -0.4 is 10.5 Å². The lowest BCUT2D eigenvalue weighted by Crippen LogP contribution is -2.38. The number of hydrogen-bond acceptors (Lipinski definition) is 4. The van der Waals surface area contributed by atoms with Gasteiger partial charge in [0, 0.05) is 11.6 Å². The highest BCUT2D eigenvalue weighted by atomic mass is 35.5. The molecule has 2 rings (SSSR count). The van der Waals surface area contributed by atoms with E-state index in [2.05, 4.69) is 0 Å². The average Bonchev–Trinajstić information content (AvgIpc) is 2.54. The van der Waals surface area contributed by atoms with Gasteiger partial charge in [0.2, 0.25) is 15.9 Å². The number of carbonyl (C=O) groups is 1. The van der Waals surface area contributed by atoms with Crippen molar-refractivity contribution in [2.24, 2.45) is 5.73 Å². The quantitative estimate of drug-likeness (QED) is 0.789. The van der Waals surface area contributed by atoms with E-state index in [9.17, 15) is 17.6 Å². The Balaban J connectivity index is 2.37. The lowest BCUT2D eigenvalue weighted by atomic mass is 10.2. The van der Waals surface area contributed by atoms with E-state index in [1.807, 2.05) is 0 Å². The minimum atomic E-state index is -4.02. The summed E-state index contributed by atoms with van der Waals surface area (Å²) in [5, 5.41) is 0.373. The van der Waals surface area contributed by atoms with Crippen LogP contribution in [0.4, 0.5) is 4.39 Å². The molecule has 1 amide bonds. The molecule has 0 saturated carbocycles. The van der Waals surface area contributed by atoms with Gasteiger partial charge < -0.3 is 10.5 Å². The third-order valence-electron chi connectivity index (χ3n) is 3.36. The number of rotatable bonds is 7. The van der Waals surface area contributed by atoms with Gasteiger partial charge in [0.05, 0.1) is 18.6 Å². The number of carbonyl (C=O) groups excluding carboxylic acids is 1. The van der Waals surface area contributed by atoms with E-state index in [0.29, 0.717) is 10.6 Å². The molecular weight excluding hydrogens is 371 g/mol. The Labute approximate surface area is 150 Å². The molecule has 0 unspecified atom stereocenters. The summed E-state index contributed by atoms with van der Waals surface area (Å²) in [6.07, 6.45) is 0. The summed E-state index contributed by atoms with van der Waals surface area (Å²) < 4.78 is 45.0. The Morgan fingerprint density at radius 2 is 1.88 bits per heavy atom. The zero-order valence-electron chi connectivity index (χ0n) is 13.3. The molecule has 0 atom stereocenters. The highest BCUT2D eigenvalue weighted by Gasteiger charge is 2.26. The van der Waals surface area contributed by atoms with Crippen molar-refractivity contribution in [3.05, 3.63) is 58.9 Å². The van der Waals surface area contributed by atoms with Crippen LogP contribution in [-0.2, 0) is 21.4 Å². The number of amides is 1. The van der Waals surface area contributed by atoms with Gasteiger partial charge in [-0.25, -0.2) is 12.8 Å². The molecule has 134 valence electrons. The van der Waals surface area contributed by atoms with Crippen molar-refractivity contribution in [3.63, 3.8) is 0 Å². The highest BCUT2D eigenvalue weighted by molar-refractivity contribution is 7.89. The van der Waals surface area contributed by atoms with Crippen LogP contribution in [0.15, 0.2) is 47.4 Å². The van der Waals surface area contributed by atoms with Crippen molar-refractivity contribution >= 4 is 27.5 Å². The van der Waals surface area contributed by atoms with Gasteiger partial charge in [-0.15, -0.1) is 0 Å². The third kappa shape index (κ3) is 4.68. The molecule has 0 heterocycles. The second-order valence-corrected chi connectivity index (χ2v) is 7.54. The summed E-state index contributed by atoms with van der Waals surface area (Å²) in [7, 11) is -2.70. The summed E-state index contributed by atoms with van der Waals surface area (Å²) in [6, 6.07) is 9.51. The molecule has 0 saturated heterocycles. The second kappa shape index (κ2) is 7.81. The average molecular weight is 387 g/mol. The molecule has 0 aliphatic carbocycles. The first-order chi connectivity index (χ1) is 11.7. The van der Waals surface area contributed by atoms with Crippen LogP contribution in [0.1, 0.15) is 5.56 Å². The van der Waals surface area contributed by atoms with E-state index < -0.39 is 28.3 Å². The number of nitrogens with zero attached hydrogens (tertiary/aromatic N) is 1. The van der Waals surface area contributed by atoms with Crippen LogP contribution >= 0.6 is 11.6 Å². The maximum Gasteiger partial charge on any atom is 0.243 e. The molecule has 0 aromatic heterocycles. The molecule has 0 bridgehead atoms. The first-order valence-electron chi connectivity index (χ1n) is 7.10. The molecule has 0 radical (unpaired) electrons. The summed E-state index contributed by atoms with van der Waals surface area (Å²) in [4.78, 5) is 11.3. The van der Waals surface area contributed by atoms with Gasteiger partial charge in [0.15, 0.2) is 11.6 Å². The lowest BCUT2D eigenvalue weighted by molar-refractivity contribution is -0.118. The van der Waals surface area contributed by atoms with Crippen LogP contribution in [0.25, 0.3) is 0 Å². The minimum absolute atomic E-state index is 0.0331. The second-order valence-electron chi connectivity index (χ2n) is 5.16. The molecule has 0 aliphatic rings. The Kier molecular flexibility index (Phi) is 5.99. The Bertz CT molecular complexity index is 872. The fraction of sp³-hybridized carbons (Fsp3) is 0.188. The molecule has 0 aliphatic heterocycles. The van der Waals surface area contributed by atoms with Crippen LogP contribution in [0.5, 0.6) is 5.75 Å². The SMILES string of the molecule is COc1ccc(CN(CC(N)=O)S(=O)(=O)c2ccc(Cl)cc2)cc1F. The van der Waals surface area contributed by atoms with Gasteiger partial charge >= 0.3 is 0 Å². The largest absolute Gasteiger partial charge is 0.494 e. The highest BCUT2D eigenvalue weighted by Crippen LogP contribution is 2.23. The first kappa shape index (κ1) is 19.2. The Morgan fingerprint density at radius 3 is 2.40 bits per heavy atom. The summed E-state index contributed by atoms with van der Waals surface area (Å²) in [5.41, 5.74) is 5.51. The van der Waals surface area contributed by atoms with Crippen molar-refractivity contribution in [1.29, 1.82) is 0 Å². The number of primary amides is 1. The van der Waals surface area contributed by atoms with Gasteiger partial charge in [0.1, 0.15) is 0 Å². The number of nitrogens with two attached hydrogens (primary N) is 1. The number of sulfonamides is 1. The van der Waals surface area contributed by atoms with Crippen LogP contribution in [0.2, 0.25) is 5.02 Å². The molecule has 6 nitrogen and oxygen atoms in total. The van der Waals surface area contributed by atoms with E-state index in [4.69, 9.17) is 22.1 Å². The molecule has 2 aromatic rings. The number of halogens is 2. The van der Waals surface area contributed by atoms with E-state index >= 15 is 0 Å². The standard InChI is InChI=1S/C16H16ClFN2O4S/c1-24-15-7-2-11(8-14(15)18)9-20(10-16(19)21)25(22,23)13-5-3-12(17)4-6-13/h2-8H,9-10H2,1H3,(H2,19,21). The Morgan fingerprint density at radius 1 is 1.24 bits per heavy atom. The number of methoxy groups -OCH3 is 1. The molecule has 2 aromatic carbocycles. The van der Waals surface area contributed by atoms with Crippen molar-refractivity contribution in [1.82, 2.24) is 4.31 Å². The number of hydrogen-bond donors (Lipinski definition) is 1. The van der Waals surface area contributed by atoms with Crippen molar-refractivity contribution < 1.29 is 22.3 Å². The smallest absolute Gasteiger partial charge is 0.243 e. The normalized spacial score (nSPS) is 11.5. The van der Waals surface area contributed by atoms with E-state index in [-0.39, 0.29) is 17.2 Å². The van der Waals surface area contributed by atoms with Gasteiger partial charge in [-0.2, -0.15) is 4.31 Å². The maximum atomic E-state index is 13.8. The minimum Gasteiger partial charge on any atom is -0.494 e. The number of ether oxygens (including phenoxy) is 1. The van der Waals surface area contributed by atoms with Gasteiger partial charge in [-0.1, -0.05) is 17.7 Å². The topological polar surface area (TPSA) is 89.7 Å². The molecule has 0 fully saturated rings. The van der Waals surface area contributed by atoms with E-state index in [0.717, 1.165) is 10.4 Å². The van der Waals surface area contributed by atoms with Crippen LogP contribution in [0.3, 0.4) is 0 Å². The van der Waals surface area contributed by atoms with Gasteiger partial charge in [0.25, 0.3) is 0 Å². The predicted octanol–water partition coefficient (Wildman–Crippen LogP) is 2.16. The van der Waals surface area contributed by atoms with Crippen molar-refractivity contribution in [2.45, 2.75) is 11.4 Å². The fourth-order valence-corrected chi connectivity index (χ4v) is 3.69. The summed E-state index contributed by atoms with van der Waals surface area (Å²) in [5.74, 6) is -1.43. The lowest BCUT2D eigenvalue weighted by Gasteiger charge is -2.21. The third-order valence-corrected chi connectivity index (χ3v) is 5.42. The zero-order chi connectivity index (χ0) is 18.6. The van der Waals surface area contributed by atoms with Crippen molar-refractivity contribution in [3.8, 4) is 5.75 Å². The molecule has 25 heavy (non-hydrogen) atoms. The van der Waals surface area contributed by atoms with Crippen LogP contribution in [0, 0.1) is 5.82 Å². The molecule has 0 spiro atoms. The molecular formula is C16H16ClFN2O4S. The van der Waals surface area contributed by atoms with Crippen LogP contribution in [-0.4, -0.2) is 32.3 Å². The van der Waals surface area contributed by atoms with Gasteiger partial charge in [-0.05, 0) is 42.0 Å². The van der Waals surface area contributed by atoms with Gasteiger partial charge in [-0.3, -0.25) is 4.79 Å². The molecule has 9 heteroatoms. The van der Waals surface area contributed by atoms with E-state index in [1.165, 1.54) is 43.5 Å². The predicted molar refractivity (Wildman–Crippen MR) is 91.2 cm³/mol. The monoisotopic (exact) mass is 386 g/mol. The van der Waals surface area contributed by atoms with Crippen molar-refractivity contribution in [2.75, 3.05) is 13.7 Å². The summed E-state index contributed by atoms with van der Waals surface area (Å²) >= 11 is 5.77. The summed E-state index contributed by atoms with van der Waals surface area (Å²) in [6.45, 7) is -0.770. The Hall–Kier alpha value is -2.16. The zero-order valence-corrected chi connectivity index (χ0v) is 14.8.